The van der Waals surface area contributed by atoms with Gasteiger partial charge in [-0.2, -0.15) is 0 Å². The summed E-state index contributed by atoms with van der Waals surface area (Å²) in [6.07, 6.45) is 0.839. The predicted octanol–water partition coefficient (Wildman–Crippen LogP) is 3.09. The molecule has 0 atom stereocenters. The number of amides is 1. The number of nitrogens with zero attached hydrogens (tertiary/aromatic N) is 1. The highest BCUT2D eigenvalue weighted by atomic mass is 16.2. The summed E-state index contributed by atoms with van der Waals surface area (Å²) >= 11 is 0. The molecule has 3 nitrogen and oxygen atoms in total. The molecule has 3 rings (SSSR count). The van der Waals surface area contributed by atoms with Crippen molar-refractivity contribution in [3.05, 3.63) is 65.2 Å². The molecule has 3 heteroatoms. The van der Waals surface area contributed by atoms with E-state index < -0.39 is 0 Å². The fraction of sp³-hybridized carbons (Fsp3) is 0.176. The number of benzene rings is 2. The first-order valence-electron chi connectivity index (χ1n) is 6.67. The first-order chi connectivity index (χ1) is 9.66. The van der Waals surface area contributed by atoms with E-state index in [-0.39, 0.29) is 11.7 Å². The van der Waals surface area contributed by atoms with E-state index in [4.69, 9.17) is 0 Å². The van der Waals surface area contributed by atoms with Crippen LogP contribution in [0, 0.1) is 0 Å². The minimum atomic E-state index is 0.00699. The van der Waals surface area contributed by atoms with Crippen LogP contribution in [0.5, 0.6) is 0 Å². The van der Waals surface area contributed by atoms with E-state index in [1.54, 1.807) is 17.0 Å². The monoisotopic (exact) mass is 265 g/mol. The molecule has 2 aromatic rings. The molecule has 0 aromatic heterocycles. The van der Waals surface area contributed by atoms with E-state index in [1.165, 1.54) is 6.92 Å². The second-order valence-electron chi connectivity index (χ2n) is 4.97. The van der Waals surface area contributed by atoms with Crippen LogP contribution in [0.3, 0.4) is 0 Å². The molecule has 0 saturated heterocycles. The maximum absolute atomic E-state index is 12.5. The molecule has 20 heavy (non-hydrogen) atoms. The molecule has 0 aliphatic carbocycles. The predicted molar refractivity (Wildman–Crippen MR) is 78.3 cm³/mol. The summed E-state index contributed by atoms with van der Waals surface area (Å²) in [5, 5.41) is 0. The Bertz CT molecular complexity index is 691. The van der Waals surface area contributed by atoms with Crippen LogP contribution in [0.2, 0.25) is 0 Å². The summed E-state index contributed by atoms with van der Waals surface area (Å²) in [6.45, 7) is 2.18. The first kappa shape index (κ1) is 12.6. The van der Waals surface area contributed by atoms with Crippen LogP contribution in [0.1, 0.15) is 33.2 Å². The molecule has 1 aliphatic rings. The van der Waals surface area contributed by atoms with E-state index in [0.29, 0.717) is 12.1 Å². The van der Waals surface area contributed by atoms with Gasteiger partial charge >= 0.3 is 0 Å². The molecule has 0 bridgehead atoms. The Morgan fingerprint density at radius 1 is 1.10 bits per heavy atom. The van der Waals surface area contributed by atoms with Crippen LogP contribution >= 0.6 is 0 Å². The second-order valence-corrected chi connectivity index (χ2v) is 4.97. The number of hydrogen-bond acceptors (Lipinski definition) is 2. The lowest BCUT2D eigenvalue weighted by molar-refractivity contribution is 0.0977. The van der Waals surface area contributed by atoms with Gasteiger partial charge in [0.05, 0.1) is 0 Å². The molecule has 1 amide bonds. The van der Waals surface area contributed by atoms with Crippen molar-refractivity contribution in [1.82, 2.24) is 0 Å². The molecule has 0 unspecified atom stereocenters. The van der Waals surface area contributed by atoms with Gasteiger partial charge in [-0.15, -0.1) is 0 Å². The number of hydrogen-bond donors (Lipinski definition) is 0. The zero-order valence-electron chi connectivity index (χ0n) is 11.3. The molecule has 100 valence electrons. The molecule has 0 N–H and O–H groups in total. The zero-order chi connectivity index (χ0) is 14.1. The van der Waals surface area contributed by atoms with Crippen molar-refractivity contribution in [1.29, 1.82) is 0 Å². The van der Waals surface area contributed by atoms with Gasteiger partial charge in [-0.25, -0.2) is 0 Å². The Kier molecular flexibility index (Phi) is 3.11. The van der Waals surface area contributed by atoms with Gasteiger partial charge in [0.25, 0.3) is 5.91 Å². The van der Waals surface area contributed by atoms with Crippen molar-refractivity contribution in [2.75, 3.05) is 11.4 Å². The third-order valence-electron chi connectivity index (χ3n) is 3.66. The Labute approximate surface area is 117 Å². The quantitative estimate of drug-likeness (QED) is 0.782. The highest BCUT2D eigenvalue weighted by Gasteiger charge is 2.25. The number of ketones is 1. The van der Waals surface area contributed by atoms with Gasteiger partial charge in [0.15, 0.2) is 5.78 Å². The fourth-order valence-electron chi connectivity index (χ4n) is 2.57. The maximum atomic E-state index is 12.5. The lowest BCUT2D eigenvalue weighted by Gasteiger charge is -2.28. The van der Waals surface area contributed by atoms with Crippen molar-refractivity contribution in [2.45, 2.75) is 13.3 Å². The number of carbonyl (C=O) groups is 2. The Hall–Kier alpha value is -2.42. The van der Waals surface area contributed by atoms with Crippen LogP contribution in [0.4, 0.5) is 5.69 Å². The van der Waals surface area contributed by atoms with E-state index in [2.05, 4.69) is 0 Å². The third kappa shape index (κ3) is 2.11. The maximum Gasteiger partial charge on any atom is 0.258 e. The zero-order valence-corrected chi connectivity index (χ0v) is 11.3. The molecule has 2 aromatic carbocycles. The van der Waals surface area contributed by atoms with Crippen molar-refractivity contribution in [3.8, 4) is 0 Å². The largest absolute Gasteiger partial charge is 0.308 e. The summed E-state index contributed by atoms with van der Waals surface area (Å²) in [4.78, 5) is 25.7. The molecule has 0 saturated carbocycles. The van der Waals surface area contributed by atoms with Crippen molar-refractivity contribution >= 4 is 17.4 Å². The van der Waals surface area contributed by atoms with Crippen molar-refractivity contribution in [3.63, 3.8) is 0 Å². The standard InChI is InChI=1S/C17H15NO2/c1-12(19)14-6-4-7-15(11-14)18-10-9-13-5-2-3-8-16(13)17(18)20/h2-8,11H,9-10H2,1H3. The highest BCUT2D eigenvalue weighted by Crippen LogP contribution is 2.25. The number of fused-ring (bicyclic) bond motifs is 1. The lowest BCUT2D eigenvalue weighted by atomic mass is 9.98. The van der Waals surface area contributed by atoms with Gasteiger partial charge in [0, 0.05) is 23.4 Å². The average molecular weight is 265 g/mol. The topological polar surface area (TPSA) is 37.4 Å². The molecular weight excluding hydrogens is 250 g/mol. The van der Waals surface area contributed by atoms with Crippen molar-refractivity contribution < 1.29 is 9.59 Å². The van der Waals surface area contributed by atoms with Gasteiger partial charge in [0.1, 0.15) is 0 Å². The van der Waals surface area contributed by atoms with E-state index in [1.807, 2.05) is 36.4 Å². The molecule has 1 aliphatic heterocycles. The van der Waals surface area contributed by atoms with Crippen LogP contribution < -0.4 is 4.90 Å². The summed E-state index contributed by atoms with van der Waals surface area (Å²) in [7, 11) is 0. The number of Topliss-reactive ketones (excluding diaryl/α,β-unsaturated/α-hetero) is 1. The Balaban J connectivity index is 1.99. The van der Waals surface area contributed by atoms with Gasteiger partial charge < -0.3 is 4.90 Å². The molecule has 0 fully saturated rings. The minimum absolute atomic E-state index is 0.00699. The number of carbonyl (C=O) groups excluding carboxylic acids is 2. The molecule has 0 radical (unpaired) electrons. The van der Waals surface area contributed by atoms with Crippen LogP contribution in [-0.2, 0) is 6.42 Å². The van der Waals surface area contributed by atoms with E-state index in [9.17, 15) is 9.59 Å². The fourth-order valence-corrected chi connectivity index (χ4v) is 2.57. The van der Waals surface area contributed by atoms with Gasteiger partial charge in [0.2, 0.25) is 0 Å². The van der Waals surface area contributed by atoms with E-state index >= 15 is 0 Å². The van der Waals surface area contributed by atoms with Gasteiger partial charge in [-0.1, -0.05) is 30.3 Å². The molecule has 1 heterocycles. The van der Waals surface area contributed by atoms with Crippen molar-refractivity contribution in [2.24, 2.45) is 0 Å². The summed E-state index contributed by atoms with van der Waals surface area (Å²) in [6, 6.07) is 14.9. The lowest BCUT2D eigenvalue weighted by Crippen LogP contribution is -2.37. The van der Waals surface area contributed by atoms with Crippen LogP contribution in [0.25, 0.3) is 0 Å². The summed E-state index contributed by atoms with van der Waals surface area (Å²) in [5.41, 5.74) is 3.27. The molecular formula is C17H15NO2. The molecule has 0 spiro atoms. The second kappa shape index (κ2) is 4.93. The SMILES string of the molecule is CC(=O)c1cccc(N2CCc3ccccc3C2=O)c1. The van der Waals surface area contributed by atoms with Crippen LogP contribution in [-0.4, -0.2) is 18.2 Å². The first-order valence-corrected chi connectivity index (χ1v) is 6.67. The smallest absolute Gasteiger partial charge is 0.258 e. The average Bonchev–Trinajstić information content (AvgIpc) is 2.48. The summed E-state index contributed by atoms with van der Waals surface area (Å²) in [5.74, 6) is 0.0178. The number of anilines is 1. The van der Waals surface area contributed by atoms with Gasteiger partial charge in [-0.3, -0.25) is 9.59 Å². The third-order valence-corrected chi connectivity index (χ3v) is 3.66. The van der Waals surface area contributed by atoms with Crippen LogP contribution in [0.15, 0.2) is 48.5 Å². The minimum Gasteiger partial charge on any atom is -0.308 e. The highest BCUT2D eigenvalue weighted by molar-refractivity contribution is 6.08. The Morgan fingerprint density at radius 3 is 2.70 bits per heavy atom. The van der Waals surface area contributed by atoms with E-state index in [0.717, 1.165) is 23.2 Å². The number of rotatable bonds is 2. The van der Waals surface area contributed by atoms with Gasteiger partial charge in [-0.05, 0) is 37.1 Å². The summed E-state index contributed by atoms with van der Waals surface area (Å²) < 4.78 is 0. The normalized spacial score (nSPS) is 14.1. The Morgan fingerprint density at radius 2 is 1.90 bits per heavy atom.